The summed E-state index contributed by atoms with van der Waals surface area (Å²) >= 11 is 9.48. The van der Waals surface area contributed by atoms with Gasteiger partial charge in [-0.25, -0.2) is 4.39 Å². The molecule has 2 nitrogen and oxygen atoms in total. The van der Waals surface area contributed by atoms with Crippen molar-refractivity contribution in [2.45, 2.75) is 18.9 Å². The number of benzene rings is 2. The Morgan fingerprint density at radius 2 is 1.90 bits per heavy atom. The zero-order valence-corrected chi connectivity index (χ0v) is 13.8. The Hall–Kier alpha value is -0.940. The Morgan fingerprint density at radius 3 is 2.48 bits per heavy atom. The summed E-state index contributed by atoms with van der Waals surface area (Å²) in [5.41, 5.74) is 8.20. The minimum Gasteiger partial charge on any atom is -0.388 e. The normalized spacial score (nSPS) is 14.0. The van der Waals surface area contributed by atoms with Crippen LogP contribution in [0, 0.1) is 12.7 Å². The molecule has 0 amide bonds. The Balaban J connectivity index is 2.40. The molecule has 0 aliphatic heterocycles. The van der Waals surface area contributed by atoms with Crippen LogP contribution in [0.3, 0.4) is 0 Å². The maximum Gasteiger partial charge on any atom is 0.124 e. The Kier molecular flexibility index (Phi) is 5.38. The minimum absolute atomic E-state index is 0.210. The zero-order chi connectivity index (χ0) is 15.6. The van der Waals surface area contributed by atoms with Crippen LogP contribution >= 0.6 is 27.5 Å². The standard InChI is InChI=1S/C16H16BrClFNO/c1-9-6-10(17)2-4-12(9)16(21)14(8-20)13-5-3-11(19)7-15(13)18/h2-7,14,16,21H,8,20H2,1H3. The highest BCUT2D eigenvalue weighted by Crippen LogP contribution is 2.36. The third-order valence-electron chi connectivity index (χ3n) is 3.55. The summed E-state index contributed by atoms with van der Waals surface area (Å²) in [5.74, 6) is -0.799. The van der Waals surface area contributed by atoms with Crippen molar-refractivity contribution in [1.82, 2.24) is 0 Å². The molecule has 112 valence electrons. The van der Waals surface area contributed by atoms with Crippen molar-refractivity contribution in [2.75, 3.05) is 6.54 Å². The topological polar surface area (TPSA) is 46.2 Å². The summed E-state index contributed by atoms with van der Waals surface area (Å²) in [4.78, 5) is 0. The first-order valence-corrected chi connectivity index (χ1v) is 7.70. The molecule has 2 aromatic carbocycles. The number of halogens is 3. The second-order valence-electron chi connectivity index (χ2n) is 4.95. The average Bonchev–Trinajstić information content (AvgIpc) is 2.41. The summed E-state index contributed by atoms with van der Waals surface area (Å²) in [5, 5.41) is 10.9. The van der Waals surface area contributed by atoms with Crippen LogP contribution in [0.5, 0.6) is 0 Å². The van der Waals surface area contributed by atoms with Crippen molar-refractivity contribution in [2.24, 2.45) is 5.73 Å². The van der Waals surface area contributed by atoms with E-state index in [9.17, 15) is 9.50 Å². The molecule has 0 aliphatic carbocycles. The minimum atomic E-state index is -0.800. The summed E-state index contributed by atoms with van der Waals surface area (Å²) in [6, 6.07) is 9.78. The Morgan fingerprint density at radius 1 is 1.24 bits per heavy atom. The van der Waals surface area contributed by atoms with Crippen LogP contribution in [-0.2, 0) is 0 Å². The van der Waals surface area contributed by atoms with Crippen molar-refractivity contribution in [3.8, 4) is 0 Å². The second-order valence-corrected chi connectivity index (χ2v) is 6.28. The summed E-state index contributed by atoms with van der Waals surface area (Å²) in [6.45, 7) is 2.13. The highest BCUT2D eigenvalue weighted by Gasteiger charge is 2.25. The van der Waals surface area contributed by atoms with E-state index in [1.165, 1.54) is 12.1 Å². The number of aryl methyl sites for hydroxylation is 1. The molecule has 2 unspecified atom stereocenters. The predicted octanol–water partition coefficient (Wildman–Crippen LogP) is 4.33. The first kappa shape index (κ1) is 16.4. The van der Waals surface area contributed by atoms with Crippen molar-refractivity contribution in [3.63, 3.8) is 0 Å². The highest BCUT2D eigenvalue weighted by atomic mass is 79.9. The molecule has 5 heteroatoms. The van der Waals surface area contributed by atoms with Crippen LogP contribution < -0.4 is 5.73 Å². The Bertz CT molecular complexity index is 650. The molecule has 0 saturated heterocycles. The van der Waals surface area contributed by atoms with Gasteiger partial charge in [-0.2, -0.15) is 0 Å². The SMILES string of the molecule is Cc1cc(Br)ccc1C(O)C(CN)c1ccc(F)cc1Cl. The number of nitrogens with two attached hydrogens (primary N) is 1. The molecule has 3 N–H and O–H groups in total. The van der Waals surface area contributed by atoms with Crippen molar-refractivity contribution < 1.29 is 9.50 Å². The summed E-state index contributed by atoms with van der Waals surface area (Å²) < 4.78 is 14.1. The maximum absolute atomic E-state index is 13.2. The van der Waals surface area contributed by atoms with Crippen LogP contribution in [0.1, 0.15) is 28.7 Å². The van der Waals surface area contributed by atoms with Gasteiger partial charge in [0.25, 0.3) is 0 Å². The molecule has 0 aliphatic rings. The zero-order valence-electron chi connectivity index (χ0n) is 11.5. The monoisotopic (exact) mass is 371 g/mol. The highest BCUT2D eigenvalue weighted by molar-refractivity contribution is 9.10. The van der Waals surface area contributed by atoms with E-state index >= 15 is 0 Å². The van der Waals surface area contributed by atoms with E-state index in [0.29, 0.717) is 5.56 Å². The van der Waals surface area contributed by atoms with E-state index < -0.39 is 17.8 Å². The first-order chi connectivity index (χ1) is 9.93. The summed E-state index contributed by atoms with van der Waals surface area (Å²) in [7, 11) is 0. The number of aliphatic hydroxyl groups excluding tert-OH is 1. The molecule has 0 aromatic heterocycles. The number of aliphatic hydroxyl groups is 1. The Labute approximate surface area is 136 Å². The maximum atomic E-state index is 13.2. The third kappa shape index (κ3) is 3.64. The number of rotatable bonds is 4. The lowest BCUT2D eigenvalue weighted by Crippen LogP contribution is -2.21. The number of hydrogen-bond acceptors (Lipinski definition) is 2. The largest absolute Gasteiger partial charge is 0.388 e. The van der Waals surface area contributed by atoms with E-state index in [4.69, 9.17) is 17.3 Å². The molecule has 2 rings (SSSR count). The van der Waals surface area contributed by atoms with Crippen molar-refractivity contribution in [3.05, 3.63) is 68.4 Å². The van der Waals surface area contributed by atoms with Gasteiger partial charge in [0.2, 0.25) is 0 Å². The van der Waals surface area contributed by atoms with Gasteiger partial charge in [-0.3, -0.25) is 0 Å². The fourth-order valence-electron chi connectivity index (χ4n) is 2.42. The molecule has 2 atom stereocenters. The molecule has 0 heterocycles. The quantitative estimate of drug-likeness (QED) is 0.839. The molecule has 2 aromatic rings. The van der Waals surface area contributed by atoms with Crippen molar-refractivity contribution in [1.29, 1.82) is 0 Å². The van der Waals surface area contributed by atoms with Gasteiger partial charge in [0.05, 0.1) is 6.10 Å². The lowest BCUT2D eigenvalue weighted by Gasteiger charge is -2.24. The van der Waals surface area contributed by atoms with Gasteiger partial charge in [-0.15, -0.1) is 0 Å². The van der Waals surface area contributed by atoms with Crippen LogP contribution in [0.4, 0.5) is 4.39 Å². The molecule has 0 radical (unpaired) electrons. The second kappa shape index (κ2) is 6.88. The first-order valence-electron chi connectivity index (χ1n) is 6.53. The predicted molar refractivity (Wildman–Crippen MR) is 87.0 cm³/mol. The molecule has 0 bridgehead atoms. The van der Waals surface area contributed by atoms with Crippen LogP contribution in [0.25, 0.3) is 0 Å². The summed E-state index contributed by atoms with van der Waals surface area (Å²) in [6.07, 6.45) is -0.800. The van der Waals surface area contributed by atoms with Gasteiger partial charge in [-0.1, -0.05) is 39.7 Å². The van der Waals surface area contributed by atoms with Crippen LogP contribution in [-0.4, -0.2) is 11.7 Å². The van der Waals surface area contributed by atoms with E-state index in [1.54, 1.807) is 6.07 Å². The smallest absolute Gasteiger partial charge is 0.124 e. The molecule has 0 fully saturated rings. The van der Waals surface area contributed by atoms with Gasteiger partial charge in [0.1, 0.15) is 5.82 Å². The third-order valence-corrected chi connectivity index (χ3v) is 4.37. The fourth-order valence-corrected chi connectivity index (χ4v) is 3.20. The van der Waals surface area contributed by atoms with Gasteiger partial charge < -0.3 is 10.8 Å². The average molecular weight is 373 g/mol. The van der Waals surface area contributed by atoms with E-state index in [2.05, 4.69) is 15.9 Å². The van der Waals surface area contributed by atoms with Gasteiger partial charge in [-0.05, 0) is 47.9 Å². The van der Waals surface area contributed by atoms with E-state index in [-0.39, 0.29) is 11.6 Å². The van der Waals surface area contributed by atoms with E-state index in [0.717, 1.165) is 15.6 Å². The van der Waals surface area contributed by atoms with Gasteiger partial charge >= 0.3 is 0 Å². The lowest BCUT2D eigenvalue weighted by atomic mass is 9.87. The fraction of sp³-hybridized carbons (Fsp3) is 0.250. The molecule has 0 saturated carbocycles. The number of hydrogen-bond donors (Lipinski definition) is 2. The van der Waals surface area contributed by atoms with Gasteiger partial charge in [0, 0.05) is 22.0 Å². The van der Waals surface area contributed by atoms with Crippen molar-refractivity contribution >= 4 is 27.5 Å². The molecular formula is C16H16BrClFNO. The molecular weight excluding hydrogens is 357 g/mol. The van der Waals surface area contributed by atoms with Crippen LogP contribution in [0.15, 0.2) is 40.9 Å². The van der Waals surface area contributed by atoms with Gasteiger partial charge in [0.15, 0.2) is 0 Å². The van der Waals surface area contributed by atoms with E-state index in [1.807, 2.05) is 25.1 Å². The van der Waals surface area contributed by atoms with Crippen LogP contribution in [0.2, 0.25) is 5.02 Å². The molecule has 0 spiro atoms. The lowest BCUT2D eigenvalue weighted by molar-refractivity contribution is 0.146. The molecule has 21 heavy (non-hydrogen) atoms.